The Morgan fingerprint density at radius 3 is 2.10 bits per heavy atom. The van der Waals surface area contributed by atoms with Gasteiger partial charge >= 0.3 is 0 Å². The van der Waals surface area contributed by atoms with Crippen molar-refractivity contribution in [2.24, 2.45) is 9.98 Å². The van der Waals surface area contributed by atoms with Crippen molar-refractivity contribution in [2.75, 3.05) is 0 Å². The molecular formula is C8H8N2. The molecule has 0 aromatic heterocycles. The largest absolute Gasteiger partial charge is 0.185 e. The highest BCUT2D eigenvalue weighted by molar-refractivity contribution is 5.62. The quantitative estimate of drug-likeness (QED) is 0.482. The first kappa shape index (κ1) is 5.63. The van der Waals surface area contributed by atoms with Gasteiger partial charge in [0.05, 0.1) is 0 Å². The number of allylic oxidation sites excluding steroid dienone is 2. The molecule has 2 nitrogen and oxygen atoms in total. The Balaban J connectivity index is 2.59. The van der Waals surface area contributed by atoms with Crippen molar-refractivity contribution < 1.29 is 0 Å². The maximum Gasteiger partial charge on any atom is 0.101 e. The molecule has 10 heavy (non-hydrogen) atoms. The van der Waals surface area contributed by atoms with Crippen LogP contribution in [0.1, 0.15) is 20.3 Å². The van der Waals surface area contributed by atoms with Crippen LogP contribution >= 0.6 is 0 Å². The summed E-state index contributed by atoms with van der Waals surface area (Å²) in [6.45, 7) is 4.19. The summed E-state index contributed by atoms with van der Waals surface area (Å²) in [6.07, 6.45) is 1.04. The third-order valence-corrected chi connectivity index (χ3v) is 1.89. The van der Waals surface area contributed by atoms with Gasteiger partial charge in [-0.2, -0.15) is 9.98 Å². The summed E-state index contributed by atoms with van der Waals surface area (Å²) in [5.74, 6) is 0. The van der Waals surface area contributed by atoms with Gasteiger partial charge in [0.15, 0.2) is 0 Å². The first-order valence-corrected chi connectivity index (χ1v) is 3.35. The third kappa shape index (κ3) is 0.541. The van der Waals surface area contributed by atoms with Crippen molar-refractivity contribution in [2.45, 2.75) is 20.3 Å². The molecule has 2 heteroatoms. The molecule has 0 spiro atoms. The first-order chi connectivity index (χ1) is 4.79. The smallest absolute Gasteiger partial charge is 0.101 e. The number of aliphatic imine (C=N–C) groups is 2. The van der Waals surface area contributed by atoms with Crippen LogP contribution in [0.4, 0.5) is 0 Å². The van der Waals surface area contributed by atoms with Gasteiger partial charge in [-0.15, -0.1) is 0 Å². The third-order valence-electron chi connectivity index (χ3n) is 1.89. The zero-order valence-corrected chi connectivity index (χ0v) is 6.10. The molecule has 0 radical (unpaired) electrons. The highest BCUT2D eigenvalue weighted by Gasteiger charge is 2.20. The molecule has 0 saturated carbocycles. The van der Waals surface area contributed by atoms with E-state index < -0.39 is 0 Å². The van der Waals surface area contributed by atoms with E-state index in [1.165, 1.54) is 11.1 Å². The van der Waals surface area contributed by atoms with Crippen molar-refractivity contribution in [3.05, 3.63) is 22.5 Å². The minimum absolute atomic E-state index is 1.04. The van der Waals surface area contributed by atoms with E-state index in [0.717, 1.165) is 17.8 Å². The van der Waals surface area contributed by atoms with Gasteiger partial charge < -0.3 is 0 Å². The summed E-state index contributed by atoms with van der Waals surface area (Å²) < 4.78 is 0. The van der Waals surface area contributed by atoms with Gasteiger partial charge in [-0.1, -0.05) is 0 Å². The van der Waals surface area contributed by atoms with E-state index in [4.69, 9.17) is 0 Å². The standard InChI is InChI=1S/C8H8N2/c1-5-3-6(2)8-7(5)9-4-10-8/h3H2,1-2H3. The van der Waals surface area contributed by atoms with Gasteiger partial charge in [0.2, 0.25) is 0 Å². The number of nitrogens with zero attached hydrogens (tertiary/aromatic N) is 2. The monoisotopic (exact) mass is 132 g/mol. The molecule has 0 bridgehead atoms. The fraction of sp³-hybridized carbons (Fsp3) is 0.375. The van der Waals surface area contributed by atoms with Crippen LogP contribution in [0.25, 0.3) is 0 Å². The Morgan fingerprint density at radius 1 is 1.10 bits per heavy atom. The van der Waals surface area contributed by atoms with Gasteiger partial charge in [0, 0.05) is 0 Å². The average Bonchev–Trinajstić information content (AvgIpc) is 2.39. The minimum Gasteiger partial charge on any atom is -0.185 e. The van der Waals surface area contributed by atoms with Gasteiger partial charge in [0.1, 0.15) is 17.4 Å². The van der Waals surface area contributed by atoms with Crippen LogP contribution in [0, 0.1) is 0 Å². The zero-order chi connectivity index (χ0) is 7.14. The Morgan fingerprint density at radius 2 is 1.60 bits per heavy atom. The van der Waals surface area contributed by atoms with Crippen LogP contribution in [0.5, 0.6) is 0 Å². The van der Waals surface area contributed by atoms with E-state index in [0.29, 0.717) is 0 Å². The molecule has 1 aliphatic heterocycles. The lowest BCUT2D eigenvalue weighted by molar-refractivity contribution is 1.13. The predicted octanol–water partition coefficient (Wildman–Crippen LogP) is 2.13. The molecule has 0 atom stereocenters. The molecule has 1 heterocycles. The van der Waals surface area contributed by atoms with Gasteiger partial charge in [-0.25, -0.2) is 0 Å². The summed E-state index contributed by atoms with van der Waals surface area (Å²) in [7, 11) is 0. The number of hydrogen-bond donors (Lipinski definition) is 0. The SMILES string of the molecule is CC1=C2N=C=NC2=C(C)C1. The highest BCUT2D eigenvalue weighted by Crippen LogP contribution is 2.34. The maximum atomic E-state index is 4.03. The zero-order valence-electron chi connectivity index (χ0n) is 6.10. The van der Waals surface area contributed by atoms with Crippen LogP contribution in [-0.4, -0.2) is 6.01 Å². The normalized spacial score (nSPS) is 21.4. The molecular weight excluding hydrogens is 124 g/mol. The molecule has 0 unspecified atom stereocenters. The second-order valence-electron chi connectivity index (χ2n) is 2.76. The molecule has 0 amide bonds. The number of rotatable bonds is 0. The lowest BCUT2D eigenvalue weighted by Gasteiger charge is -1.88. The van der Waals surface area contributed by atoms with Crippen LogP contribution in [-0.2, 0) is 0 Å². The summed E-state index contributed by atoms with van der Waals surface area (Å²) in [5, 5.41) is 0. The van der Waals surface area contributed by atoms with Crippen LogP contribution in [0.2, 0.25) is 0 Å². The molecule has 0 saturated heterocycles. The Kier molecular flexibility index (Phi) is 0.943. The topological polar surface area (TPSA) is 24.7 Å². The van der Waals surface area contributed by atoms with Crippen molar-refractivity contribution in [1.82, 2.24) is 0 Å². The first-order valence-electron chi connectivity index (χ1n) is 3.35. The average molecular weight is 132 g/mol. The predicted molar refractivity (Wildman–Crippen MR) is 39.9 cm³/mol. The second kappa shape index (κ2) is 1.68. The molecule has 0 aromatic rings. The fourth-order valence-electron chi connectivity index (χ4n) is 1.39. The fourth-order valence-corrected chi connectivity index (χ4v) is 1.39. The van der Waals surface area contributed by atoms with E-state index in [-0.39, 0.29) is 0 Å². The minimum atomic E-state index is 1.04. The van der Waals surface area contributed by atoms with E-state index in [1.54, 1.807) is 0 Å². The van der Waals surface area contributed by atoms with E-state index in [9.17, 15) is 0 Å². The molecule has 2 aliphatic rings. The van der Waals surface area contributed by atoms with E-state index >= 15 is 0 Å². The van der Waals surface area contributed by atoms with E-state index in [1.807, 2.05) is 0 Å². The van der Waals surface area contributed by atoms with Crippen molar-refractivity contribution >= 4 is 6.01 Å². The number of hydrogen-bond acceptors (Lipinski definition) is 2. The Bertz CT molecular complexity index is 284. The molecule has 0 aromatic carbocycles. The number of fused-ring (bicyclic) bond motifs is 1. The summed E-state index contributed by atoms with van der Waals surface area (Å²) in [5.41, 5.74) is 4.75. The van der Waals surface area contributed by atoms with Crippen molar-refractivity contribution in [3.8, 4) is 0 Å². The Hall–Kier alpha value is -1.14. The Labute approximate surface area is 59.7 Å². The van der Waals surface area contributed by atoms with Crippen molar-refractivity contribution in [1.29, 1.82) is 0 Å². The molecule has 50 valence electrons. The summed E-state index contributed by atoms with van der Waals surface area (Å²) >= 11 is 0. The lowest BCUT2D eigenvalue weighted by Crippen LogP contribution is -1.73. The van der Waals surface area contributed by atoms with Gasteiger partial charge in [0.25, 0.3) is 0 Å². The van der Waals surface area contributed by atoms with E-state index in [2.05, 4.69) is 29.8 Å². The second-order valence-corrected chi connectivity index (χ2v) is 2.76. The molecule has 2 rings (SSSR count). The summed E-state index contributed by atoms with van der Waals surface area (Å²) in [4.78, 5) is 8.07. The molecule has 1 aliphatic carbocycles. The van der Waals surface area contributed by atoms with Gasteiger partial charge in [-0.3, -0.25) is 0 Å². The lowest BCUT2D eigenvalue weighted by atomic mass is 10.2. The maximum absolute atomic E-state index is 4.03. The van der Waals surface area contributed by atoms with Crippen LogP contribution < -0.4 is 0 Å². The summed E-state index contributed by atoms with van der Waals surface area (Å²) in [6, 6.07) is 2.62. The van der Waals surface area contributed by atoms with Crippen LogP contribution in [0.3, 0.4) is 0 Å². The van der Waals surface area contributed by atoms with Crippen LogP contribution in [0.15, 0.2) is 32.5 Å². The van der Waals surface area contributed by atoms with Crippen molar-refractivity contribution in [3.63, 3.8) is 0 Å². The molecule has 0 fully saturated rings. The molecule has 0 N–H and O–H groups in total. The highest BCUT2D eigenvalue weighted by atomic mass is 14.9. The van der Waals surface area contributed by atoms with Gasteiger partial charge in [-0.05, 0) is 31.4 Å².